The molecule has 2 aromatic heterocycles. The fourth-order valence-corrected chi connectivity index (χ4v) is 4.81. The van der Waals surface area contributed by atoms with E-state index in [0.717, 1.165) is 12.0 Å². The Labute approximate surface area is 171 Å². The number of rotatable bonds is 4. The Hall–Kier alpha value is -2.57. The van der Waals surface area contributed by atoms with Crippen LogP contribution in [0.5, 0.6) is 0 Å². The number of primary amides is 1. The molecule has 2 bridgehead atoms. The van der Waals surface area contributed by atoms with E-state index < -0.39 is 0 Å². The molecule has 1 aromatic carbocycles. The van der Waals surface area contributed by atoms with Crippen molar-refractivity contribution in [3.05, 3.63) is 52.7 Å². The zero-order valence-electron chi connectivity index (χ0n) is 14.7. The average Bonchev–Trinajstić information content (AvgIpc) is 3.38. The van der Waals surface area contributed by atoms with E-state index in [0.29, 0.717) is 32.7 Å². The van der Waals surface area contributed by atoms with Gasteiger partial charge in [-0.05, 0) is 30.4 Å². The Morgan fingerprint density at radius 3 is 2.86 bits per heavy atom. The maximum absolute atomic E-state index is 12.0. The summed E-state index contributed by atoms with van der Waals surface area (Å²) in [5.41, 5.74) is 8.45. The van der Waals surface area contributed by atoms with Crippen molar-refractivity contribution in [1.82, 2.24) is 15.0 Å². The number of H-pyrrole nitrogens is 1. The van der Waals surface area contributed by atoms with Crippen molar-refractivity contribution in [1.29, 1.82) is 0 Å². The molecular weight excluding hydrogens is 397 g/mol. The minimum Gasteiger partial charge on any atom is -0.378 e. The number of pyridine rings is 1. The topological polar surface area (TPSA) is 96.7 Å². The number of carbonyl (C=O) groups is 1. The first-order valence-corrected chi connectivity index (χ1v) is 9.81. The summed E-state index contributed by atoms with van der Waals surface area (Å²) in [5.74, 6) is 0.524. The highest BCUT2D eigenvalue weighted by atomic mass is 35.5. The zero-order valence-corrected chi connectivity index (χ0v) is 16.2. The first kappa shape index (κ1) is 17.5. The molecule has 8 heteroatoms. The monoisotopic (exact) mass is 413 g/mol. The average molecular weight is 414 g/mol. The van der Waals surface area contributed by atoms with Gasteiger partial charge in [-0.25, -0.2) is 9.97 Å². The number of halogens is 2. The minimum absolute atomic E-state index is 0.103. The summed E-state index contributed by atoms with van der Waals surface area (Å²) in [4.78, 5) is 24.2. The first-order chi connectivity index (χ1) is 13.5. The fourth-order valence-electron chi connectivity index (χ4n) is 4.42. The minimum atomic E-state index is -0.292. The highest BCUT2D eigenvalue weighted by Gasteiger charge is 2.47. The number of imidazole rings is 1. The molecule has 0 radical (unpaired) electrons. The van der Waals surface area contributed by atoms with Gasteiger partial charge in [-0.15, -0.1) is 0 Å². The standard InChI is InChI=1S/C20H17Cl2N5O/c21-12-3-1-2-11(7-12)19-26-17-16(13(22)8-24-20(17)27-19)25-15-10-5-4-9(6-10)14(15)18(23)28/h1-5,7-10,14-15H,6H2,(H2,23,28)(H2,24,25,26,27)/t9-,10+,14+,15-/m1/s1. The van der Waals surface area contributed by atoms with Crippen molar-refractivity contribution in [2.75, 3.05) is 5.32 Å². The van der Waals surface area contributed by atoms with Crippen molar-refractivity contribution in [3.8, 4) is 11.4 Å². The molecule has 2 aliphatic carbocycles. The largest absolute Gasteiger partial charge is 0.378 e. The lowest BCUT2D eigenvalue weighted by atomic mass is 9.88. The molecule has 2 heterocycles. The van der Waals surface area contributed by atoms with Gasteiger partial charge < -0.3 is 16.0 Å². The van der Waals surface area contributed by atoms with Crippen molar-refractivity contribution in [2.24, 2.45) is 23.5 Å². The third kappa shape index (κ3) is 2.75. The predicted octanol–water partition coefficient (Wildman–Crippen LogP) is 4.02. The van der Waals surface area contributed by atoms with Gasteiger partial charge in [-0.1, -0.05) is 47.5 Å². The lowest BCUT2D eigenvalue weighted by molar-refractivity contribution is -0.122. The first-order valence-electron chi connectivity index (χ1n) is 9.05. The number of amides is 1. The van der Waals surface area contributed by atoms with Gasteiger partial charge in [-0.3, -0.25) is 4.79 Å². The van der Waals surface area contributed by atoms with Crippen LogP contribution in [0.1, 0.15) is 6.42 Å². The summed E-state index contributed by atoms with van der Waals surface area (Å²) in [5, 5.41) is 4.56. The number of allylic oxidation sites excluding steroid dienone is 1. The lowest BCUT2D eigenvalue weighted by Gasteiger charge is -2.28. The highest BCUT2D eigenvalue weighted by Crippen LogP contribution is 2.46. The van der Waals surface area contributed by atoms with Gasteiger partial charge in [0.05, 0.1) is 22.8 Å². The molecule has 6 nitrogen and oxygen atoms in total. The maximum atomic E-state index is 12.0. The molecule has 2 aliphatic rings. The number of carbonyl (C=O) groups excluding carboxylic acids is 1. The summed E-state index contributed by atoms with van der Waals surface area (Å²) in [6.45, 7) is 0. The molecule has 0 unspecified atom stereocenters. The number of hydrogen-bond acceptors (Lipinski definition) is 4. The van der Waals surface area contributed by atoms with Gasteiger partial charge in [0.25, 0.3) is 0 Å². The second kappa shape index (κ2) is 6.50. The molecule has 4 atom stereocenters. The molecule has 0 spiro atoms. The number of nitrogens with one attached hydrogen (secondary N) is 2. The smallest absolute Gasteiger partial charge is 0.223 e. The Morgan fingerprint density at radius 1 is 1.25 bits per heavy atom. The van der Waals surface area contributed by atoms with E-state index in [4.69, 9.17) is 28.9 Å². The number of nitrogens with two attached hydrogens (primary N) is 1. The van der Waals surface area contributed by atoms with E-state index in [1.165, 1.54) is 0 Å². The van der Waals surface area contributed by atoms with Crippen LogP contribution >= 0.6 is 23.2 Å². The van der Waals surface area contributed by atoms with E-state index in [1.807, 2.05) is 24.3 Å². The number of nitrogens with zero attached hydrogens (tertiary/aromatic N) is 2. The van der Waals surface area contributed by atoms with Crippen LogP contribution in [0.2, 0.25) is 10.0 Å². The van der Waals surface area contributed by atoms with Crippen molar-refractivity contribution in [3.63, 3.8) is 0 Å². The molecular formula is C20H17Cl2N5O. The van der Waals surface area contributed by atoms with Gasteiger partial charge in [0.1, 0.15) is 11.3 Å². The van der Waals surface area contributed by atoms with Gasteiger partial charge in [0.2, 0.25) is 5.91 Å². The second-order valence-electron chi connectivity index (χ2n) is 7.32. The maximum Gasteiger partial charge on any atom is 0.223 e. The summed E-state index contributed by atoms with van der Waals surface area (Å²) in [7, 11) is 0. The summed E-state index contributed by atoms with van der Waals surface area (Å²) in [6, 6.07) is 7.32. The SMILES string of the molecule is NC(=O)[C@@H]1[C@H](Nc2c(Cl)cnc3nc(-c4cccc(Cl)c4)[nH]c23)[C@H]2C=C[C@@H]1C2. The molecule has 3 aromatic rings. The third-order valence-electron chi connectivity index (χ3n) is 5.67. The molecule has 1 amide bonds. The second-order valence-corrected chi connectivity index (χ2v) is 8.17. The quantitative estimate of drug-likeness (QED) is 0.562. The molecule has 1 saturated carbocycles. The van der Waals surface area contributed by atoms with Crippen LogP contribution in [0, 0.1) is 17.8 Å². The molecule has 0 saturated heterocycles. The van der Waals surface area contributed by atoms with Gasteiger partial charge in [0, 0.05) is 16.6 Å². The summed E-state index contributed by atoms with van der Waals surface area (Å²) >= 11 is 12.6. The number of anilines is 1. The van der Waals surface area contributed by atoms with Crippen molar-refractivity contribution >= 4 is 46.0 Å². The molecule has 1 fully saturated rings. The Morgan fingerprint density at radius 2 is 2.07 bits per heavy atom. The van der Waals surface area contributed by atoms with Gasteiger partial charge in [0.15, 0.2) is 5.65 Å². The molecule has 28 heavy (non-hydrogen) atoms. The van der Waals surface area contributed by atoms with E-state index in [9.17, 15) is 4.79 Å². The predicted molar refractivity (Wildman–Crippen MR) is 110 cm³/mol. The normalized spacial score (nSPS) is 25.5. The number of benzene rings is 1. The highest BCUT2D eigenvalue weighted by molar-refractivity contribution is 6.34. The van der Waals surface area contributed by atoms with Crippen molar-refractivity contribution < 1.29 is 4.79 Å². The molecule has 4 N–H and O–H groups in total. The number of hydrogen-bond donors (Lipinski definition) is 3. The third-order valence-corrected chi connectivity index (χ3v) is 6.19. The summed E-state index contributed by atoms with van der Waals surface area (Å²) in [6.07, 6.45) is 6.74. The van der Waals surface area contributed by atoms with Crippen LogP contribution in [0.3, 0.4) is 0 Å². The summed E-state index contributed by atoms with van der Waals surface area (Å²) < 4.78 is 0. The van der Waals surface area contributed by atoms with Crippen LogP contribution < -0.4 is 11.1 Å². The molecule has 5 rings (SSSR count). The van der Waals surface area contributed by atoms with Gasteiger partial charge >= 0.3 is 0 Å². The lowest BCUT2D eigenvalue weighted by Crippen LogP contribution is -2.41. The molecule has 142 valence electrons. The number of aromatic amines is 1. The Bertz CT molecular complexity index is 1120. The number of aromatic nitrogens is 3. The van der Waals surface area contributed by atoms with Crippen LogP contribution in [0.25, 0.3) is 22.6 Å². The molecule has 0 aliphatic heterocycles. The Balaban J connectivity index is 1.57. The van der Waals surface area contributed by atoms with Crippen LogP contribution in [0.15, 0.2) is 42.6 Å². The van der Waals surface area contributed by atoms with E-state index in [2.05, 4.69) is 32.4 Å². The Kier molecular flexibility index (Phi) is 4.07. The van der Waals surface area contributed by atoms with Gasteiger partial charge in [-0.2, -0.15) is 0 Å². The van der Waals surface area contributed by atoms with E-state index in [1.54, 1.807) is 6.20 Å². The van der Waals surface area contributed by atoms with Crippen LogP contribution in [0.4, 0.5) is 5.69 Å². The fraction of sp³-hybridized carbons (Fsp3) is 0.250. The van der Waals surface area contributed by atoms with E-state index in [-0.39, 0.29) is 29.7 Å². The van der Waals surface area contributed by atoms with E-state index >= 15 is 0 Å². The zero-order chi connectivity index (χ0) is 19.4. The van der Waals surface area contributed by atoms with Crippen LogP contribution in [-0.4, -0.2) is 26.9 Å². The number of fused-ring (bicyclic) bond motifs is 3. The van der Waals surface area contributed by atoms with Crippen molar-refractivity contribution in [2.45, 2.75) is 12.5 Å². The van der Waals surface area contributed by atoms with Crippen LogP contribution in [-0.2, 0) is 4.79 Å².